The molecule has 0 aliphatic carbocycles. The molecule has 0 spiro atoms. The number of benzene rings is 1. The highest BCUT2D eigenvalue weighted by atomic mass is 35.5. The number of aliphatic hydroxyl groups is 1. The average molecular weight is 586 g/mol. The number of rotatable bonds is 13. The number of aromatic nitrogens is 2. The molecule has 1 aromatic heterocycles. The number of nitrogens with one attached hydrogen (secondary N) is 2. The molecule has 0 bridgehead atoms. The maximum Gasteiger partial charge on any atom is 0.459 e. The molecule has 13 nitrogen and oxygen atoms in total. The van der Waals surface area contributed by atoms with E-state index in [9.17, 15) is 24.1 Å². The van der Waals surface area contributed by atoms with Gasteiger partial charge in [-0.1, -0.05) is 18.2 Å². The molecule has 0 saturated carbocycles. The molecule has 212 valence electrons. The van der Waals surface area contributed by atoms with Gasteiger partial charge in [0.05, 0.1) is 30.0 Å². The molecule has 3 rings (SSSR count). The van der Waals surface area contributed by atoms with Crippen molar-refractivity contribution in [2.75, 3.05) is 26.9 Å². The number of H-pyrrole nitrogens is 1. The fourth-order valence-corrected chi connectivity index (χ4v) is 5.49. The third kappa shape index (κ3) is 8.04. The Labute approximate surface area is 230 Å². The van der Waals surface area contributed by atoms with Gasteiger partial charge in [-0.3, -0.25) is 23.7 Å². The lowest BCUT2D eigenvalue weighted by molar-refractivity contribution is -0.150. The van der Waals surface area contributed by atoms with Crippen molar-refractivity contribution >= 4 is 33.2 Å². The number of methoxy groups -OCH3 is 1. The van der Waals surface area contributed by atoms with Gasteiger partial charge in [-0.2, -0.15) is 0 Å². The van der Waals surface area contributed by atoms with Crippen LogP contribution in [0.5, 0.6) is 5.75 Å². The van der Waals surface area contributed by atoms with Crippen molar-refractivity contribution < 1.29 is 37.7 Å². The number of ether oxygens (including phenoxy) is 3. The van der Waals surface area contributed by atoms with Crippen molar-refractivity contribution in [3.05, 3.63) is 63.4 Å². The van der Waals surface area contributed by atoms with Gasteiger partial charge in [-0.05, 0) is 26.0 Å². The smallest absolute Gasteiger partial charge is 0.459 e. The highest BCUT2D eigenvalue weighted by Crippen LogP contribution is 2.47. The molecule has 7 atom stereocenters. The Balaban J connectivity index is 1.73. The van der Waals surface area contributed by atoms with Crippen LogP contribution in [0.15, 0.2) is 52.2 Å². The zero-order valence-corrected chi connectivity index (χ0v) is 23.2. The summed E-state index contributed by atoms with van der Waals surface area (Å²) in [6, 6.07) is 8.53. The van der Waals surface area contributed by atoms with Gasteiger partial charge < -0.3 is 23.8 Å². The van der Waals surface area contributed by atoms with Gasteiger partial charge in [-0.25, -0.2) is 14.4 Å². The maximum absolute atomic E-state index is 13.7. The SMILES string of the molecule is [B][C@]1(Cl)[C@H](O)[C@@H](COP(=O)(N[C@@H](C)COC(=O)C(C)COC)Oc2ccccc2)O[C@H]1n1ccc(=O)[nH]c1=O. The number of alkyl halides is 1. The van der Waals surface area contributed by atoms with Crippen molar-refractivity contribution in [3.8, 4) is 5.75 Å². The number of carbonyl (C=O) groups excluding carboxylic acids is 1. The van der Waals surface area contributed by atoms with Gasteiger partial charge in [0.15, 0.2) is 6.23 Å². The fraction of sp³-hybridized carbons (Fsp3) is 0.522. The number of hydrogen-bond donors (Lipinski definition) is 3. The predicted octanol–water partition coefficient (Wildman–Crippen LogP) is 0.906. The van der Waals surface area contributed by atoms with Gasteiger partial charge in [0.2, 0.25) is 0 Å². The monoisotopic (exact) mass is 585 g/mol. The zero-order chi connectivity index (χ0) is 28.8. The molecule has 16 heteroatoms. The van der Waals surface area contributed by atoms with E-state index < -0.39 is 66.7 Å². The van der Waals surface area contributed by atoms with Crippen LogP contribution in [-0.2, 0) is 28.1 Å². The second kappa shape index (κ2) is 13.3. The Morgan fingerprint density at radius 3 is 2.62 bits per heavy atom. The van der Waals surface area contributed by atoms with Crippen LogP contribution >= 0.6 is 19.3 Å². The number of aliphatic hydroxyl groups excluding tert-OH is 1. The number of esters is 1. The molecule has 1 aliphatic heterocycles. The molecule has 0 amide bonds. The zero-order valence-electron chi connectivity index (χ0n) is 21.5. The second-order valence-corrected chi connectivity index (χ2v) is 11.4. The molecule has 1 fully saturated rings. The quantitative estimate of drug-likeness (QED) is 0.132. The maximum atomic E-state index is 13.7. The number of halogens is 1. The lowest BCUT2D eigenvalue weighted by atomic mass is 9.79. The van der Waals surface area contributed by atoms with E-state index in [1.165, 1.54) is 7.11 Å². The fourth-order valence-electron chi connectivity index (χ4n) is 3.65. The first-order chi connectivity index (χ1) is 18.4. The summed E-state index contributed by atoms with van der Waals surface area (Å²) in [6.45, 7) is 2.73. The highest BCUT2D eigenvalue weighted by Gasteiger charge is 2.53. The minimum absolute atomic E-state index is 0.161. The van der Waals surface area contributed by atoms with E-state index in [0.717, 1.165) is 16.8 Å². The first-order valence-electron chi connectivity index (χ1n) is 11.9. The van der Waals surface area contributed by atoms with Crippen LogP contribution in [-0.4, -0.2) is 78.4 Å². The molecule has 39 heavy (non-hydrogen) atoms. The number of para-hydroxylation sites is 1. The standard InChI is InChI=1S/C23H30BClN3O10P/c1-14(11-34-3)20(31)35-12-15(2)27-39(33,38-16-7-5-4-6-8-16)36-13-17-19(30)23(24,25)21(37-17)28-10-9-18(29)26-22(28)32/h4-10,14-15,17,19,21,30H,11-13H2,1-3H3,(H,27,33)(H,26,29,32)/t14?,15-,17+,19+,21+,23-,39?/m0/s1. The van der Waals surface area contributed by atoms with Gasteiger partial charge in [0.25, 0.3) is 5.56 Å². The molecule has 1 aromatic carbocycles. The first kappa shape index (κ1) is 31.1. The van der Waals surface area contributed by atoms with E-state index in [-0.39, 0.29) is 19.0 Å². The van der Waals surface area contributed by atoms with Crippen molar-refractivity contribution in [2.45, 2.75) is 43.1 Å². The van der Waals surface area contributed by atoms with Gasteiger partial charge in [0, 0.05) is 25.4 Å². The van der Waals surface area contributed by atoms with Crippen molar-refractivity contribution in [1.82, 2.24) is 14.6 Å². The van der Waals surface area contributed by atoms with Gasteiger partial charge in [0.1, 0.15) is 26.3 Å². The number of hydrogen-bond acceptors (Lipinski definition) is 10. The molecular formula is C23H30BClN3O10P. The van der Waals surface area contributed by atoms with E-state index in [2.05, 4.69) is 5.09 Å². The Bertz CT molecular complexity index is 1280. The van der Waals surface area contributed by atoms with Crippen LogP contribution in [0.1, 0.15) is 20.1 Å². The third-order valence-electron chi connectivity index (χ3n) is 5.64. The molecular weight excluding hydrogens is 556 g/mol. The largest absolute Gasteiger partial charge is 0.464 e. The Morgan fingerprint density at radius 2 is 1.97 bits per heavy atom. The molecule has 2 radical (unpaired) electrons. The van der Waals surface area contributed by atoms with E-state index in [1.54, 1.807) is 44.2 Å². The molecule has 2 unspecified atom stereocenters. The van der Waals surface area contributed by atoms with E-state index in [1.807, 2.05) is 4.98 Å². The van der Waals surface area contributed by atoms with Crippen LogP contribution in [0, 0.1) is 5.92 Å². The van der Waals surface area contributed by atoms with Crippen LogP contribution in [0.4, 0.5) is 0 Å². The van der Waals surface area contributed by atoms with Crippen molar-refractivity contribution in [3.63, 3.8) is 0 Å². The molecule has 1 aliphatic rings. The summed E-state index contributed by atoms with van der Waals surface area (Å²) in [5.41, 5.74) is -1.51. The average Bonchev–Trinajstić information content (AvgIpc) is 3.10. The lowest BCUT2D eigenvalue weighted by Crippen LogP contribution is -2.45. The van der Waals surface area contributed by atoms with Crippen molar-refractivity contribution in [1.29, 1.82) is 0 Å². The van der Waals surface area contributed by atoms with Crippen LogP contribution in [0.3, 0.4) is 0 Å². The van der Waals surface area contributed by atoms with Crippen LogP contribution < -0.4 is 20.9 Å². The Hall–Kier alpha value is -2.45. The summed E-state index contributed by atoms with van der Waals surface area (Å²) < 4.78 is 39.7. The normalized spacial score (nSPS) is 25.9. The van der Waals surface area contributed by atoms with Crippen molar-refractivity contribution in [2.24, 2.45) is 5.92 Å². The summed E-state index contributed by atoms with van der Waals surface area (Å²) in [7, 11) is 3.35. The van der Waals surface area contributed by atoms with Crippen LogP contribution in [0.2, 0.25) is 0 Å². The molecule has 2 heterocycles. The molecule has 1 saturated heterocycles. The summed E-state index contributed by atoms with van der Waals surface area (Å²) in [4.78, 5) is 37.8. The minimum atomic E-state index is -4.18. The number of aromatic amines is 1. The summed E-state index contributed by atoms with van der Waals surface area (Å²) in [5, 5.41) is 13.4. The number of nitrogens with zero attached hydrogens (tertiary/aromatic N) is 1. The van der Waals surface area contributed by atoms with Gasteiger partial charge in [-0.15, -0.1) is 11.6 Å². The third-order valence-corrected chi connectivity index (χ3v) is 7.75. The summed E-state index contributed by atoms with van der Waals surface area (Å²) in [5.74, 6) is -0.790. The highest BCUT2D eigenvalue weighted by molar-refractivity contribution is 7.52. The Morgan fingerprint density at radius 1 is 1.28 bits per heavy atom. The summed E-state index contributed by atoms with van der Waals surface area (Å²) in [6.07, 6.45) is -3.13. The Kier molecular flexibility index (Phi) is 10.6. The van der Waals surface area contributed by atoms with Crippen LogP contribution in [0.25, 0.3) is 0 Å². The first-order valence-corrected chi connectivity index (χ1v) is 13.8. The predicted molar refractivity (Wildman–Crippen MR) is 141 cm³/mol. The lowest BCUT2D eigenvalue weighted by Gasteiger charge is -2.27. The van der Waals surface area contributed by atoms with E-state index in [0.29, 0.717) is 0 Å². The molecule has 3 N–H and O–H groups in total. The second-order valence-electron chi connectivity index (χ2n) is 9.03. The van der Waals surface area contributed by atoms with E-state index in [4.69, 9.17) is 42.7 Å². The summed E-state index contributed by atoms with van der Waals surface area (Å²) >= 11 is 6.33. The van der Waals surface area contributed by atoms with Gasteiger partial charge >= 0.3 is 19.4 Å². The molecule has 2 aromatic rings. The number of carbonyl (C=O) groups is 1. The minimum Gasteiger partial charge on any atom is -0.464 e. The van der Waals surface area contributed by atoms with E-state index >= 15 is 0 Å². The topological polar surface area (TPSA) is 167 Å².